The van der Waals surface area contributed by atoms with Gasteiger partial charge in [-0.1, -0.05) is 0 Å². The Labute approximate surface area is 129 Å². The van der Waals surface area contributed by atoms with E-state index in [-0.39, 0.29) is 5.54 Å². The lowest BCUT2D eigenvalue weighted by Gasteiger charge is -2.31. The molecule has 1 aliphatic carbocycles. The second-order valence-corrected chi connectivity index (χ2v) is 7.80. The van der Waals surface area contributed by atoms with Gasteiger partial charge < -0.3 is 10.2 Å². The molecule has 0 saturated heterocycles. The van der Waals surface area contributed by atoms with Crippen molar-refractivity contribution in [1.29, 1.82) is 0 Å². The van der Waals surface area contributed by atoms with Gasteiger partial charge >= 0.3 is 0 Å². The average Bonchev–Trinajstić information content (AvgIpc) is 3.09. The van der Waals surface area contributed by atoms with Crippen molar-refractivity contribution in [2.45, 2.75) is 72.5 Å². The first-order chi connectivity index (χ1) is 9.69. The van der Waals surface area contributed by atoms with E-state index in [9.17, 15) is 0 Å². The van der Waals surface area contributed by atoms with Crippen molar-refractivity contribution >= 4 is 5.82 Å². The summed E-state index contributed by atoms with van der Waals surface area (Å²) >= 11 is 0. The van der Waals surface area contributed by atoms with Gasteiger partial charge in [-0.15, -0.1) is 0 Å². The molecule has 2 rings (SSSR count). The molecule has 1 saturated carbocycles. The van der Waals surface area contributed by atoms with Crippen LogP contribution in [0.4, 0.5) is 5.82 Å². The highest BCUT2D eigenvalue weighted by atomic mass is 15.4. The van der Waals surface area contributed by atoms with Gasteiger partial charge in [-0.2, -0.15) is 5.10 Å². The van der Waals surface area contributed by atoms with Crippen LogP contribution < -0.4 is 10.2 Å². The van der Waals surface area contributed by atoms with E-state index in [4.69, 9.17) is 0 Å². The summed E-state index contributed by atoms with van der Waals surface area (Å²) in [5.41, 5.74) is 2.62. The number of nitrogens with zero attached hydrogens (tertiary/aromatic N) is 3. The fourth-order valence-electron chi connectivity index (χ4n) is 2.73. The van der Waals surface area contributed by atoms with Gasteiger partial charge in [0.2, 0.25) is 0 Å². The Kier molecular flexibility index (Phi) is 4.66. The molecule has 0 spiro atoms. The van der Waals surface area contributed by atoms with Crippen LogP contribution in [0.2, 0.25) is 0 Å². The molecule has 0 amide bonds. The second-order valence-electron chi connectivity index (χ2n) is 7.80. The van der Waals surface area contributed by atoms with E-state index >= 15 is 0 Å². The third-order valence-corrected chi connectivity index (χ3v) is 4.16. The predicted octanol–water partition coefficient (Wildman–Crippen LogP) is 3.24. The van der Waals surface area contributed by atoms with Crippen LogP contribution in [0.15, 0.2) is 0 Å². The van der Waals surface area contributed by atoms with E-state index in [1.54, 1.807) is 0 Å². The maximum atomic E-state index is 4.68. The van der Waals surface area contributed by atoms with Gasteiger partial charge in [-0.3, -0.25) is 4.68 Å². The monoisotopic (exact) mass is 292 g/mol. The van der Waals surface area contributed by atoms with Gasteiger partial charge in [0.25, 0.3) is 0 Å². The Hall–Kier alpha value is -1.03. The number of aryl methyl sites for hydroxylation is 2. The van der Waals surface area contributed by atoms with Gasteiger partial charge in [0.1, 0.15) is 5.82 Å². The molecule has 0 atom stereocenters. The van der Waals surface area contributed by atoms with Crippen molar-refractivity contribution in [1.82, 2.24) is 15.1 Å². The van der Waals surface area contributed by atoms with Crippen LogP contribution in [0.25, 0.3) is 0 Å². The summed E-state index contributed by atoms with van der Waals surface area (Å²) < 4.78 is 2.07. The molecule has 0 unspecified atom stereocenters. The normalized spacial score (nSPS) is 15.8. The van der Waals surface area contributed by atoms with Gasteiger partial charge in [-0.05, 0) is 60.3 Å². The molecular formula is C17H32N4. The Morgan fingerprint density at radius 2 is 1.95 bits per heavy atom. The number of hydrogen-bond acceptors (Lipinski definition) is 3. The summed E-state index contributed by atoms with van der Waals surface area (Å²) in [4.78, 5) is 2.54. The zero-order valence-electron chi connectivity index (χ0n) is 14.8. The predicted molar refractivity (Wildman–Crippen MR) is 89.7 cm³/mol. The maximum absolute atomic E-state index is 4.68. The summed E-state index contributed by atoms with van der Waals surface area (Å²) in [7, 11) is 2.07. The second kappa shape index (κ2) is 5.99. The summed E-state index contributed by atoms with van der Waals surface area (Å²) in [5.74, 6) is 2.18. The van der Waals surface area contributed by atoms with E-state index < -0.39 is 0 Å². The highest BCUT2D eigenvalue weighted by Gasteiger charge is 2.29. The maximum Gasteiger partial charge on any atom is 0.131 e. The molecule has 4 nitrogen and oxygen atoms in total. The van der Waals surface area contributed by atoms with Crippen molar-refractivity contribution in [3.8, 4) is 0 Å². The lowest BCUT2D eigenvalue weighted by molar-refractivity contribution is 0.423. The SMILES string of the molecule is Cc1nn(C)c(N(CC2CC2)C(C)C)c1CNC(C)(C)C. The molecule has 0 bridgehead atoms. The highest BCUT2D eigenvalue weighted by Crippen LogP contribution is 2.34. The van der Waals surface area contributed by atoms with Crippen LogP contribution in [-0.4, -0.2) is 27.9 Å². The third kappa shape index (κ3) is 4.22. The van der Waals surface area contributed by atoms with Crippen LogP contribution in [0.5, 0.6) is 0 Å². The molecule has 0 aromatic carbocycles. The van der Waals surface area contributed by atoms with Crippen molar-refractivity contribution in [3.63, 3.8) is 0 Å². The molecule has 0 aliphatic heterocycles. The summed E-state index contributed by atoms with van der Waals surface area (Å²) in [6, 6.07) is 0.508. The topological polar surface area (TPSA) is 33.1 Å². The summed E-state index contributed by atoms with van der Waals surface area (Å²) in [6.45, 7) is 15.4. The molecule has 1 aliphatic rings. The van der Waals surface area contributed by atoms with Crippen LogP contribution >= 0.6 is 0 Å². The highest BCUT2D eigenvalue weighted by molar-refractivity contribution is 5.51. The molecule has 0 radical (unpaired) electrons. The Morgan fingerprint density at radius 3 is 2.43 bits per heavy atom. The molecule has 1 aromatic heterocycles. The molecular weight excluding hydrogens is 260 g/mol. The van der Waals surface area contributed by atoms with Gasteiger partial charge in [-0.25, -0.2) is 0 Å². The van der Waals surface area contributed by atoms with Crippen molar-refractivity contribution < 1.29 is 0 Å². The largest absolute Gasteiger partial charge is 0.354 e. The van der Waals surface area contributed by atoms with E-state index in [0.717, 1.165) is 18.2 Å². The quantitative estimate of drug-likeness (QED) is 0.874. The Bertz CT molecular complexity index is 478. The summed E-state index contributed by atoms with van der Waals surface area (Å²) in [5, 5.41) is 8.29. The lowest BCUT2D eigenvalue weighted by atomic mass is 10.1. The van der Waals surface area contributed by atoms with E-state index in [1.165, 1.54) is 30.8 Å². The van der Waals surface area contributed by atoms with Crippen LogP contribution in [0, 0.1) is 12.8 Å². The van der Waals surface area contributed by atoms with Crippen molar-refractivity contribution in [2.75, 3.05) is 11.4 Å². The van der Waals surface area contributed by atoms with E-state index in [1.807, 2.05) is 0 Å². The van der Waals surface area contributed by atoms with E-state index in [0.29, 0.717) is 6.04 Å². The van der Waals surface area contributed by atoms with E-state index in [2.05, 4.69) is 68.6 Å². The minimum absolute atomic E-state index is 0.124. The first kappa shape index (κ1) is 16.3. The third-order valence-electron chi connectivity index (χ3n) is 4.16. The average molecular weight is 292 g/mol. The fourth-order valence-corrected chi connectivity index (χ4v) is 2.73. The van der Waals surface area contributed by atoms with Crippen LogP contribution in [-0.2, 0) is 13.6 Å². The molecule has 21 heavy (non-hydrogen) atoms. The Balaban J connectivity index is 2.26. The number of rotatable bonds is 6. The number of aromatic nitrogens is 2. The van der Waals surface area contributed by atoms with Crippen LogP contribution in [0.1, 0.15) is 58.7 Å². The molecule has 1 heterocycles. The van der Waals surface area contributed by atoms with Crippen molar-refractivity contribution in [3.05, 3.63) is 11.3 Å². The fraction of sp³-hybridized carbons (Fsp3) is 0.824. The van der Waals surface area contributed by atoms with Crippen molar-refractivity contribution in [2.24, 2.45) is 13.0 Å². The molecule has 4 heteroatoms. The first-order valence-corrected chi connectivity index (χ1v) is 8.23. The number of anilines is 1. The lowest BCUT2D eigenvalue weighted by Crippen LogP contribution is -2.38. The summed E-state index contributed by atoms with van der Waals surface area (Å²) in [6.07, 6.45) is 2.77. The minimum atomic E-state index is 0.124. The molecule has 120 valence electrons. The minimum Gasteiger partial charge on any atom is -0.354 e. The smallest absolute Gasteiger partial charge is 0.131 e. The first-order valence-electron chi connectivity index (χ1n) is 8.23. The Morgan fingerprint density at radius 1 is 1.33 bits per heavy atom. The van der Waals surface area contributed by atoms with Gasteiger partial charge in [0.05, 0.1) is 5.69 Å². The molecule has 1 N–H and O–H groups in total. The standard InChI is InChI=1S/C17H32N4/c1-12(2)21(11-14-8-9-14)16-15(10-18-17(4,5)6)13(3)19-20(16)7/h12,14,18H,8-11H2,1-7H3. The van der Waals surface area contributed by atoms with Gasteiger partial charge in [0, 0.05) is 37.3 Å². The number of nitrogens with one attached hydrogen (secondary N) is 1. The zero-order chi connectivity index (χ0) is 15.8. The van der Waals surface area contributed by atoms with Gasteiger partial charge in [0.15, 0.2) is 0 Å². The molecule has 1 fully saturated rings. The molecule has 1 aromatic rings. The number of hydrogen-bond donors (Lipinski definition) is 1. The van der Waals surface area contributed by atoms with Crippen LogP contribution in [0.3, 0.4) is 0 Å². The zero-order valence-corrected chi connectivity index (χ0v) is 14.8.